The minimum atomic E-state index is -5.08. The lowest BCUT2D eigenvalue weighted by Crippen LogP contribution is -2.21. The van der Waals surface area contributed by atoms with Gasteiger partial charge in [-0.15, -0.1) is 0 Å². The van der Waals surface area contributed by atoms with E-state index in [1.54, 1.807) is 0 Å². The average molecular weight is 370 g/mol. The third kappa shape index (κ3) is 3.75. The van der Waals surface area contributed by atoms with Crippen LogP contribution >= 0.6 is 0 Å². The fourth-order valence-electron chi connectivity index (χ4n) is 2.09. The van der Waals surface area contributed by atoms with Gasteiger partial charge in [-0.05, 0) is 18.2 Å². The summed E-state index contributed by atoms with van der Waals surface area (Å²) < 4.78 is 50.5. The lowest BCUT2D eigenvalue weighted by atomic mass is 9.99. The summed E-state index contributed by atoms with van der Waals surface area (Å²) in [6.07, 6.45) is -4.73. The van der Waals surface area contributed by atoms with Gasteiger partial charge in [0, 0.05) is 17.5 Å². The van der Waals surface area contributed by atoms with Crippen LogP contribution in [0, 0.1) is 17.1 Å². The summed E-state index contributed by atoms with van der Waals surface area (Å²) >= 11 is 0. The quantitative estimate of drug-likeness (QED) is 0.518. The van der Waals surface area contributed by atoms with E-state index in [4.69, 9.17) is 31.4 Å². The minimum absolute atomic E-state index is 0.0318. The predicted molar refractivity (Wildman–Crippen MR) is 80.7 cm³/mol. The fraction of sp³-hybridized carbons (Fsp3) is 0.133. The predicted octanol–water partition coefficient (Wildman–Crippen LogP) is 2.59. The maximum atomic E-state index is 13.2. The molecular weight excluding hydrogens is 360 g/mol. The van der Waals surface area contributed by atoms with Crippen LogP contribution in [0.3, 0.4) is 0 Å². The van der Waals surface area contributed by atoms with Crippen molar-refractivity contribution in [3.63, 3.8) is 0 Å². The van der Waals surface area contributed by atoms with Crippen LogP contribution < -0.4 is 16.2 Å². The number of rotatable bonds is 0. The zero-order valence-corrected chi connectivity index (χ0v) is 12.8. The number of ether oxygens (including phenoxy) is 1. The maximum absolute atomic E-state index is 13.2. The molecule has 0 saturated carbocycles. The molecule has 1 aromatic heterocycles. The van der Waals surface area contributed by atoms with Crippen molar-refractivity contribution in [2.45, 2.75) is 12.6 Å². The number of pyridine rings is 1. The van der Waals surface area contributed by atoms with Gasteiger partial charge in [0.15, 0.2) is 0 Å². The number of anilines is 2. The molecule has 0 saturated heterocycles. The normalized spacial score (nSPS) is 11.8. The summed E-state index contributed by atoms with van der Waals surface area (Å²) in [5.41, 5.74) is 13.1. The highest BCUT2D eigenvalue weighted by atomic mass is 19.4. The first-order valence-electron chi connectivity index (χ1n) is 6.79. The second-order valence-electron chi connectivity index (χ2n) is 5.02. The maximum Gasteiger partial charge on any atom is 0.490 e. The van der Waals surface area contributed by atoms with Gasteiger partial charge >= 0.3 is 12.1 Å². The van der Waals surface area contributed by atoms with Crippen LogP contribution in [0.4, 0.5) is 29.1 Å². The first-order chi connectivity index (χ1) is 12.0. The van der Waals surface area contributed by atoms with E-state index in [0.717, 1.165) is 0 Å². The van der Waals surface area contributed by atoms with Gasteiger partial charge in [0.2, 0.25) is 5.88 Å². The third-order valence-electron chi connectivity index (χ3n) is 3.28. The van der Waals surface area contributed by atoms with Gasteiger partial charge in [0.25, 0.3) is 0 Å². The summed E-state index contributed by atoms with van der Waals surface area (Å²) in [7, 11) is 0. The van der Waals surface area contributed by atoms with Gasteiger partial charge in [0.1, 0.15) is 29.0 Å². The van der Waals surface area contributed by atoms with Gasteiger partial charge in [-0.2, -0.15) is 23.4 Å². The highest BCUT2D eigenvalue weighted by molar-refractivity contribution is 5.73. The zero-order chi connectivity index (χ0) is 19.6. The Balaban J connectivity index is 0.000000298. The van der Waals surface area contributed by atoms with Crippen LogP contribution in [0.1, 0.15) is 16.7 Å². The second-order valence-corrected chi connectivity index (χ2v) is 5.02. The number of nitriles is 1. The van der Waals surface area contributed by atoms with Gasteiger partial charge < -0.3 is 21.3 Å². The van der Waals surface area contributed by atoms with Gasteiger partial charge in [-0.1, -0.05) is 0 Å². The second kappa shape index (κ2) is 6.75. The number of carbonyl (C=O) groups is 1. The molecule has 136 valence electrons. The average Bonchev–Trinajstić information content (AvgIpc) is 2.54. The van der Waals surface area contributed by atoms with Crippen molar-refractivity contribution < 1.29 is 32.2 Å². The van der Waals surface area contributed by atoms with Crippen LogP contribution in [0.2, 0.25) is 0 Å². The van der Waals surface area contributed by atoms with E-state index >= 15 is 0 Å². The van der Waals surface area contributed by atoms with Crippen molar-refractivity contribution >= 4 is 17.5 Å². The number of hydrogen-bond acceptors (Lipinski definition) is 6. The van der Waals surface area contributed by atoms with E-state index in [9.17, 15) is 17.6 Å². The Bertz CT molecular complexity index is 923. The molecule has 3 rings (SSSR count). The zero-order valence-electron chi connectivity index (χ0n) is 12.8. The number of nitrogens with zero attached hydrogens (tertiary/aromatic N) is 2. The first-order valence-corrected chi connectivity index (χ1v) is 6.79. The Morgan fingerprint density at radius 1 is 1.35 bits per heavy atom. The van der Waals surface area contributed by atoms with Crippen molar-refractivity contribution in [1.82, 2.24) is 4.98 Å². The molecule has 5 N–H and O–H groups in total. The molecule has 2 aromatic rings. The Labute approximate surface area is 143 Å². The number of hydrogen-bond donors (Lipinski definition) is 3. The molecule has 0 amide bonds. The van der Waals surface area contributed by atoms with Gasteiger partial charge in [-0.25, -0.2) is 9.18 Å². The molecule has 0 aliphatic carbocycles. The molecular formula is C15H10F4N4O3. The number of aromatic nitrogens is 1. The first kappa shape index (κ1) is 18.8. The number of halogens is 4. The topological polar surface area (TPSA) is 135 Å². The van der Waals surface area contributed by atoms with Crippen LogP contribution in [0.15, 0.2) is 18.2 Å². The monoisotopic (exact) mass is 370 g/mol. The van der Waals surface area contributed by atoms with E-state index in [1.807, 2.05) is 6.07 Å². The van der Waals surface area contributed by atoms with Gasteiger partial charge in [-0.3, -0.25) is 0 Å². The minimum Gasteiger partial charge on any atom is -0.475 e. The third-order valence-corrected chi connectivity index (χ3v) is 3.28. The van der Waals surface area contributed by atoms with Crippen LogP contribution in [0.25, 0.3) is 0 Å². The van der Waals surface area contributed by atoms with E-state index in [2.05, 4.69) is 4.98 Å². The Morgan fingerprint density at radius 3 is 2.50 bits per heavy atom. The smallest absolute Gasteiger partial charge is 0.475 e. The molecule has 2 heterocycles. The lowest BCUT2D eigenvalue weighted by molar-refractivity contribution is -0.192. The fourth-order valence-corrected chi connectivity index (χ4v) is 2.09. The van der Waals surface area contributed by atoms with Crippen molar-refractivity contribution in [1.29, 1.82) is 5.26 Å². The van der Waals surface area contributed by atoms with E-state index in [1.165, 1.54) is 18.2 Å². The number of alkyl halides is 3. The lowest BCUT2D eigenvalue weighted by Gasteiger charge is -2.21. The molecule has 0 atom stereocenters. The van der Waals surface area contributed by atoms with E-state index < -0.39 is 12.1 Å². The molecule has 0 unspecified atom stereocenters. The largest absolute Gasteiger partial charge is 0.490 e. The van der Waals surface area contributed by atoms with Crippen LogP contribution in [-0.4, -0.2) is 22.2 Å². The SMILES string of the molecule is N#Cc1c(N)nc2c(c1N)Cc1cc(F)ccc1O2.O=C(O)C(F)(F)F. The van der Waals surface area contributed by atoms with Crippen molar-refractivity contribution in [2.24, 2.45) is 0 Å². The molecule has 1 aliphatic heterocycles. The Kier molecular flexibility index (Phi) is 4.88. The van der Waals surface area contributed by atoms with Crippen molar-refractivity contribution in [3.05, 3.63) is 40.7 Å². The molecule has 1 aliphatic rings. The number of nitrogen functional groups attached to an aromatic ring is 2. The van der Waals surface area contributed by atoms with Crippen molar-refractivity contribution in [3.8, 4) is 17.7 Å². The summed E-state index contributed by atoms with van der Waals surface area (Å²) in [4.78, 5) is 12.9. The molecule has 7 nitrogen and oxygen atoms in total. The summed E-state index contributed by atoms with van der Waals surface area (Å²) in [5.74, 6) is -2.29. The number of fused-ring (bicyclic) bond motifs is 2. The number of carboxylic acid groups (broad SMARTS) is 1. The van der Waals surface area contributed by atoms with E-state index in [-0.39, 0.29) is 28.8 Å². The van der Waals surface area contributed by atoms with Crippen molar-refractivity contribution in [2.75, 3.05) is 11.5 Å². The molecule has 0 fully saturated rings. The van der Waals surface area contributed by atoms with E-state index in [0.29, 0.717) is 23.3 Å². The number of aliphatic carboxylic acids is 1. The summed E-state index contributed by atoms with van der Waals surface area (Å²) in [6, 6.07) is 6.12. The molecule has 1 aromatic carbocycles. The number of carboxylic acids is 1. The highest BCUT2D eigenvalue weighted by Gasteiger charge is 2.38. The van der Waals surface area contributed by atoms with Crippen LogP contribution in [-0.2, 0) is 11.2 Å². The molecule has 0 radical (unpaired) electrons. The molecule has 26 heavy (non-hydrogen) atoms. The Morgan fingerprint density at radius 2 is 1.96 bits per heavy atom. The Hall–Kier alpha value is -3.55. The highest BCUT2D eigenvalue weighted by Crippen LogP contribution is 2.40. The number of nitrogens with two attached hydrogens (primary N) is 2. The summed E-state index contributed by atoms with van der Waals surface area (Å²) in [6.45, 7) is 0. The molecule has 0 bridgehead atoms. The standard InChI is InChI=1S/C13H9FN4O.C2HF3O2/c14-7-1-2-10-6(3-7)4-8-11(16)9(5-15)12(17)18-13(8)19-10;3-2(4,5)1(6)7/h1-3H,4H2,(H4,16,17,18);(H,6,7). The van der Waals surface area contributed by atoms with Crippen LogP contribution in [0.5, 0.6) is 11.6 Å². The molecule has 0 spiro atoms. The van der Waals surface area contributed by atoms with Gasteiger partial charge in [0.05, 0.1) is 5.69 Å². The number of benzene rings is 1. The summed E-state index contributed by atoms with van der Waals surface area (Å²) in [5, 5.41) is 16.1. The molecule has 11 heteroatoms.